The summed E-state index contributed by atoms with van der Waals surface area (Å²) in [6.07, 6.45) is 5.05. The topological polar surface area (TPSA) is 36.9 Å². The fourth-order valence-corrected chi connectivity index (χ4v) is 4.26. The van der Waals surface area contributed by atoms with E-state index in [-0.39, 0.29) is 18.3 Å². The highest BCUT2D eigenvalue weighted by molar-refractivity contribution is 6.53. The highest BCUT2D eigenvalue weighted by Crippen LogP contribution is 2.22. The minimum atomic E-state index is -3.08. The molecule has 0 aromatic carbocycles. The van der Waals surface area contributed by atoms with Crippen molar-refractivity contribution in [3.63, 3.8) is 0 Å². The maximum atomic E-state index is 6.15. The first-order valence-electron chi connectivity index (χ1n) is 8.60. The van der Waals surface area contributed by atoms with Crippen LogP contribution in [0, 0.1) is 0 Å². The highest BCUT2D eigenvalue weighted by Gasteiger charge is 2.49. The van der Waals surface area contributed by atoms with Gasteiger partial charge in [-0.15, -0.1) is 0 Å². The SMILES string of the molecule is CCCCO[Si](OC(C)CC)(OC(C)CC)OC(C)CC. The van der Waals surface area contributed by atoms with E-state index in [1.165, 1.54) is 0 Å². The van der Waals surface area contributed by atoms with Gasteiger partial charge in [-0.05, 0) is 46.5 Å². The van der Waals surface area contributed by atoms with Gasteiger partial charge in [0.2, 0.25) is 0 Å². The molecule has 0 bridgehead atoms. The summed E-state index contributed by atoms with van der Waals surface area (Å²) in [5.74, 6) is 0. The Kier molecular flexibility index (Phi) is 11.6. The van der Waals surface area contributed by atoms with Crippen molar-refractivity contribution in [2.24, 2.45) is 0 Å². The van der Waals surface area contributed by atoms with Crippen molar-refractivity contribution >= 4 is 9.05 Å². The Balaban J connectivity index is 5.04. The van der Waals surface area contributed by atoms with E-state index in [1.807, 2.05) is 20.8 Å². The van der Waals surface area contributed by atoms with E-state index < -0.39 is 9.05 Å². The summed E-state index contributed by atoms with van der Waals surface area (Å²) in [5.41, 5.74) is 0. The summed E-state index contributed by atoms with van der Waals surface area (Å²) in [6, 6.07) is 0. The van der Waals surface area contributed by atoms with Gasteiger partial charge in [-0.25, -0.2) is 0 Å². The van der Waals surface area contributed by atoms with Crippen molar-refractivity contribution in [1.29, 1.82) is 0 Å². The molecule has 0 fully saturated rings. The van der Waals surface area contributed by atoms with Crippen molar-refractivity contribution in [1.82, 2.24) is 0 Å². The van der Waals surface area contributed by atoms with Crippen LogP contribution in [0.1, 0.15) is 80.6 Å². The molecule has 3 unspecified atom stereocenters. The van der Waals surface area contributed by atoms with Crippen LogP contribution in [-0.2, 0) is 17.7 Å². The molecular formula is C16H36O4Si. The second kappa shape index (κ2) is 11.6. The molecule has 0 saturated carbocycles. The molecule has 0 saturated heterocycles. The van der Waals surface area contributed by atoms with Gasteiger partial charge in [0.15, 0.2) is 0 Å². The van der Waals surface area contributed by atoms with Crippen molar-refractivity contribution in [2.45, 2.75) is 98.9 Å². The Bertz CT molecular complexity index is 219. The van der Waals surface area contributed by atoms with E-state index in [0.717, 1.165) is 32.1 Å². The van der Waals surface area contributed by atoms with E-state index in [2.05, 4.69) is 27.7 Å². The molecule has 0 rings (SSSR count). The van der Waals surface area contributed by atoms with Crippen LogP contribution in [0.2, 0.25) is 0 Å². The smallest absolute Gasteiger partial charge is 0.351 e. The van der Waals surface area contributed by atoms with E-state index in [4.69, 9.17) is 17.7 Å². The lowest BCUT2D eigenvalue weighted by Gasteiger charge is -2.34. The van der Waals surface area contributed by atoms with E-state index in [9.17, 15) is 0 Å². The quantitative estimate of drug-likeness (QED) is 0.364. The van der Waals surface area contributed by atoms with Crippen LogP contribution in [0.15, 0.2) is 0 Å². The van der Waals surface area contributed by atoms with Gasteiger partial charge < -0.3 is 17.7 Å². The number of rotatable bonds is 13. The Labute approximate surface area is 133 Å². The van der Waals surface area contributed by atoms with Crippen LogP contribution in [-0.4, -0.2) is 34.0 Å². The van der Waals surface area contributed by atoms with Crippen molar-refractivity contribution in [3.8, 4) is 0 Å². The molecule has 5 heteroatoms. The third-order valence-electron chi connectivity index (χ3n) is 3.54. The molecule has 0 aliphatic carbocycles. The molecule has 0 radical (unpaired) electrons. The van der Waals surface area contributed by atoms with Gasteiger partial charge in [-0.1, -0.05) is 34.1 Å². The fourth-order valence-electron chi connectivity index (χ4n) is 1.52. The Morgan fingerprint density at radius 1 is 0.714 bits per heavy atom. The molecule has 0 heterocycles. The molecule has 0 aliphatic rings. The van der Waals surface area contributed by atoms with Crippen LogP contribution in [0.3, 0.4) is 0 Å². The molecular weight excluding hydrogens is 284 g/mol. The predicted molar refractivity (Wildman–Crippen MR) is 89.1 cm³/mol. The first-order chi connectivity index (χ1) is 9.92. The monoisotopic (exact) mass is 320 g/mol. The molecule has 0 aromatic heterocycles. The molecule has 21 heavy (non-hydrogen) atoms. The summed E-state index contributed by atoms with van der Waals surface area (Å²) in [4.78, 5) is 0. The summed E-state index contributed by atoms with van der Waals surface area (Å²) in [6.45, 7) is 15.2. The van der Waals surface area contributed by atoms with Crippen LogP contribution < -0.4 is 0 Å². The zero-order valence-electron chi connectivity index (χ0n) is 15.1. The van der Waals surface area contributed by atoms with Gasteiger partial charge in [-0.3, -0.25) is 0 Å². The van der Waals surface area contributed by atoms with Gasteiger partial charge >= 0.3 is 9.05 Å². The minimum Gasteiger partial charge on any atom is -0.351 e. The van der Waals surface area contributed by atoms with Gasteiger partial charge in [0.1, 0.15) is 0 Å². The second-order valence-corrected chi connectivity index (χ2v) is 7.71. The van der Waals surface area contributed by atoms with Gasteiger partial charge in [0, 0.05) is 24.9 Å². The van der Waals surface area contributed by atoms with Gasteiger partial charge in [0.05, 0.1) is 0 Å². The van der Waals surface area contributed by atoms with Crippen LogP contribution in [0.4, 0.5) is 0 Å². The average Bonchev–Trinajstić information content (AvgIpc) is 2.46. The molecule has 4 nitrogen and oxygen atoms in total. The molecule has 0 aromatic rings. The molecule has 0 spiro atoms. The third kappa shape index (κ3) is 8.93. The summed E-state index contributed by atoms with van der Waals surface area (Å²) in [7, 11) is -3.08. The minimum absolute atomic E-state index is 0.0754. The molecule has 128 valence electrons. The Hall–Kier alpha value is 0.0569. The number of unbranched alkanes of at least 4 members (excludes halogenated alkanes) is 1. The van der Waals surface area contributed by atoms with Crippen LogP contribution >= 0.6 is 0 Å². The number of hydrogen-bond acceptors (Lipinski definition) is 4. The van der Waals surface area contributed by atoms with Gasteiger partial charge in [0.25, 0.3) is 0 Å². The number of hydrogen-bond donors (Lipinski definition) is 0. The largest absolute Gasteiger partial charge is 0.680 e. The first-order valence-corrected chi connectivity index (χ1v) is 10.2. The Morgan fingerprint density at radius 3 is 1.38 bits per heavy atom. The zero-order chi connectivity index (χ0) is 16.3. The predicted octanol–water partition coefficient (Wildman–Crippen LogP) is 4.68. The normalized spacial score (nSPS) is 19.0. The Morgan fingerprint density at radius 2 is 1.10 bits per heavy atom. The van der Waals surface area contributed by atoms with E-state index >= 15 is 0 Å². The fraction of sp³-hybridized carbons (Fsp3) is 1.00. The molecule has 0 aliphatic heterocycles. The third-order valence-corrected chi connectivity index (χ3v) is 6.17. The maximum absolute atomic E-state index is 6.15. The van der Waals surface area contributed by atoms with Gasteiger partial charge in [-0.2, -0.15) is 0 Å². The average molecular weight is 321 g/mol. The zero-order valence-corrected chi connectivity index (χ0v) is 16.1. The summed E-state index contributed by atoms with van der Waals surface area (Å²) >= 11 is 0. The first kappa shape index (κ1) is 21.1. The highest BCUT2D eigenvalue weighted by atomic mass is 28.4. The molecule has 0 N–H and O–H groups in total. The van der Waals surface area contributed by atoms with Crippen LogP contribution in [0.5, 0.6) is 0 Å². The lowest BCUT2D eigenvalue weighted by atomic mass is 10.3. The van der Waals surface area contributed by atoms with E-state index in [0.29, 0.717) is 6.61 Å². The molecule has 0 amide bonds. The molecule has 3 atom stereocenters. The summed E-state index contributed by atoms with van der Waals surface area (Å²) in [5, 5.41) is 0. The van der Waals surface area contributed by atoms with Crippen molar-refractivity contribution in [2.75, 3.05) is 6.61 Å². The standard InChI is InChI=1S/C16H36O4Si/c1-8-12-13-17-21(18-14(5)9-2,19-15(6)10-3)20-16(7)11-4/h14-16H,8-13H2,1-7H3. The van der Waals surface area contributed by atoms with E-state index in [1.54, 1.807) is 0 Å². The second-order valence-electron chi connectivity index (χ2n) is 5.71. The van der Waals surface area contributed by atoms with Crippen molar-refractivity contribution in [3.05, 3.63) is 0 Å². The van der Waals surface area contributed by atoms with Crippen molar-refractivity contribution < 1.29 is 17.7 Å². The lowest BCUT2D eigenvalue weighted by molar-refractivity contribution is -0.0844. The lowest BCUT2D eigenvalue weighted by Crippen LogP contribution is -2.54. The summed E-state index contributed by atoms with van der Waals surface area (Å²) < 4.78 is 24.5. The maximum Gasteiger partial charge on any atom is 0.680 e. The van der Waals surface area contributed by atoms with Crippen LogP contribution in [0.25, 0.3) is 0 Å².